The first kappa shape index (κ1) is 19.1. The van der Waals surface area contributed by atoms with E-state index in [1.165, 1.54) is 25.8 Å². The first-order valence-corrected chi connectivity index (χ1v) is 8.96. The highest BCUT2D eigenvalue weighted by Crippen LogP contribution is 2.43. The lowest BCUT2D eigenvalue weighted by Gasteiger charge is -2.30. The third kappa shape index (κ3) is 3.70. The van der Waals surface area contributed by atoms with Crippen LogP contribution in [-0.4, -0.2) is 63.7 Å². The molecular weight excluding hydrogens is 366 g/mol. The molecule has 0 radical (unpaired) electrons. The minimum atomic E-state index is -0.875. The number of nitrogens with one attached hydrogen (secondary N) is 1. The van der Waals surface area contributed by atoms with Gasteiger partial charge in [-0.1, -0.05) is 11.8 Å². The van der Waals surface area contributed by atoms with Crippen LogP contribution in [0, 0.1) is 0 Å². The van der Waals surface area contributed by atoms with Crippen LogP contribution in [0.15, 0.2) is 5.10 Å². The number of thioether (sulfide) groups is 1. The van der Waals surface area contributed by atoms with Gasteiger partial charge in [0.2, 0.25) is 11.8 Å². The van der Waals surface area contributed by atoms with E-state index in [0.717, 1.165) is 11.8 Å². The third-order valence-corrected chi connectivity index (χ3v) is 5.00. The van der Waals surface area contributed by atoms with Gasteiger partial charge in [0.05, 0.1) is 0 Å². The molecule has 26 heavy (non-hydrogen) atoms. The van der Waals surface area contributed by atoms with Crippen LogP contribution < -0.4 is 5.32 Å². The molecule has 10 nitrogen and oxygen atoms in total. The van der Waals surface area contributed by atoms with E-state index in [0.29, 0.717) is 0 Å². The Morgan fingerprint density at radius 1 is 1.19 bits per heavy atom. The van der Waals surface area contributed by atoms with Gasteiger partial charge in [-0.3, -0.25) is 14.4 Å². The van der Waals surface area contributed by atoms with Gasteiger partial charge in [0.1, 0.15) is 11.5 Å². The summed E-state index contributed by atoms with van der Waals surface area (Å²) in [7, 11) is 0. The topological polar surface area (TPSA) is 116 Å². The summed E-state index contributed by atoms with van der Waals surface area (Å²) in [5.41, 5.74) is 0. The molecule has 0 saturated carbocycles. The zero-order chi connectivity index (χ0) is 19.2. The molecule has 1 N–H and O–H groups in total. The maximum atomic E-state index is 12.0. The first-order chi connectivity index (χ1) is 12.1. The zero-order valence-corrected chi connectivity index (χ0v) is 15.9. The second-order valence-electron chi connectivity index (χ2n) is 6.60. The molecule has 3 rings (SSSR count). The lowest BCUT2D eigenvalue weighted by molar-refractivity contribution is -0.221. The Kier molecular flexibility index (Phi) is 4.99. The molecule has 0 aliphatic carbocycles. The number of fused-ring (bicyclic) bond motifs is 1. The fraction of sp³-hybridized carbons (Fsp3) is 0.733. The van der Waals surface area contributed by atoms with E-state index in [2.05, 4.69) is 10.4 Å². The van der Waals surface area contributed by atoms with Crippen LogP contribution in [0.5, 0.6) is 0 Å². The van der Waals surface area contributed by atoms with Crippen molar-refractivity contribution in [1.29, 1.82) is 0 Å². The Labute approximate surface area is 154 Å². The first-order valence-electron chi connectivity index (χ1n) is 8.08. The minimum Gasteiger partial charge on any atom is -0.457 e. The molecule has 0 unspecified atom stereocenters. The van der Waals surface area contributed by atoms with Crippen molar-refractivity contribution in [3.8, 4) is 0 Å². The summed E-state index contributed by atoms with van der Waals surface area (Å²) in [5, 5.41) is 7.50. The van der Waals surface area contributed by atoms with Crippen LogP contribution in [0.25, 0.3) is 0 Å². The highest BCUT2D eigenvalue weighted by atomic mass is 32.2. The highest BCUT2D eigenvalue weighted by Gasteiger charge is 2.60. The summed E-state index contributed by atoms with van der Waals surface area (Å²) >= 11 is 1.14. The van der Waals surface area contributed by atoms with Crippen molar-refractivity contribution in [2.24, 2.45) is 5.10 Å². The Morgan fingerprint density at radius 2 is 1.88 bits per heavy atom. The van der Waals surface area contributed by atoms with E-state index in [-0.39, 0.29) is 17.0 Å². The summed E-state index contributed by atoms with van der Waals surface area (Å²) in [6.45, 7) is 7.45. The SMILES string of the molecule is CC(=O)NC1=NN(C(C)=O)[C@@H]([C@H]2O[C@@H]3OC(C)(C)O[C@@H]3[C@H]2OC(C)=O)S1. The van der Waals surface area contributed by atoms with Crippen molar-refractivity contribution in [1.82, 2.24) is 10.3 Å². The van der Waals surface area contributed by atoms with E-state index in [9.17, 15) is 14.4 Å². The number of carbonyl (C=O) groups is 3. The molecule has 0 spiro atoms. The van der Waals surface area contributed by atoms with Crippen LogP contribution in [0.4, 0.5) is 0 Å². The number of hydrogen-bond acceptors (Lipinski definition) is 9. The number of amides is 2. The molecule has 0 aromatic heterocycles. The summed E-state index contributed by atoms with van der Waals surface area (Å²) in [5.74, 6) is -2.03. The molecule has 0 aromatic rings. The van der Waals surface area contributed by atoms with Crippen molar-refractivity contribution in [2.75, 3.05) is 0 Å². The predicted octanol–water partition coefficient (Wildman–Crippen LogP) is 0.123. The number of amidine groups is 1. The van der Waals surface area contributed by atoms with E-state index < -0.39 is 41.7 Å². The molecule has 3 aliphatic rings. The molecule has 0 aromatic carbocycles. The molecular formula is C15H21N3O7S. The van der Waals surface area contributed by atoms with E-state index >= 15 is 0 Å². The Morgan fingerprint density at radius 3 is 2.46 bits per heavy atom. The van der Waals surface area contributed by atoms with Gasteiger partial charge in [-0.05, 0) is 13.8 Å². The van der Waals surface area contributed by atoms with Crippen LogP contribution in [0.3, 0.4) is 0 Å². The van der Waals surface area contributed by atoms with E-state index in [1.54, 1.807) is 13.8 Å². The Hall–Kier alpha value is -1.69. The van der Waals surface area contributed by atoms with E-state index in [1.807, 2.05) is 0 Å². The zero-order valence-electron chi connectivity index (χ0n) is 15.0. The van der Waals surface area contributed by atoms with Crippen molar-refractivity contribution in [3.05, 3.63) is 0 Å². The smallest absolute Gasteiger partial charge is 0.303 e. The normalized spacial score (nSPS) is 35.0. The highest BCUT2D eigenvalue weighted by molar-refractivity contribution is 8.14. The molecule has 2 saturated heterocycles. The summed E-state index contributed by atoms with van der Waals surface area (Å²) in [6, 6.07) is 0. The number of hydrogen-bond donors (Lipinski definition) is 1. The average molecular weight is 387 g/mol. The molecule has 2 fully saturated rings. The maximum Gasteiger partial charge on any atom is 0.303 e. The summed E-state index contributed by atoms with van der Waals surface area (Å²) in [4.78, 5) is 34.9. The molecule has 144 valence electrons. The van der Waals surface area contributed by atoms with Crippen molar-refractivity contribution >= 4 is 34.7 Å². The fourth-order valence-electron chi connectivity index (χ4n) is 3.06. The molecule has 0 bridgehead atoms. The molecule has 2 amide bonds. The predicted molar refractivity (Wildman–Crippen MR) is 89.4 cm³/mol. The summed E-state index contributed by atoms with van der Waals surface area (Å²) in [6.07, 6.45) is -2.89. The van der Waals surface area contributed by atoms with Crippen LogP contribution in [-0.2, 0) is 33.3 Å². The van der Waals surface area contributed by atoms with Crippen LogP contribution >= 0.6 is 11.8 Å². The number of nitrogens with zero attached hydrogens (tertiary/aromatic N) is 2. The second kappa shape index (κ2) is 6.80. The van der Waals surface area contributed by atoms with Gasteiger partial charge >= 0.3 is 5.97 Å². The van der Waals surface area contributed by atoms with Gasteiger partial charge in [-0.15, -0.1) is 5.10 Å². The fourth-order valence-corrected chi connectivity index (χ4v) is 4.28. The standard InChI is InChI=1S/C15H21N3O7S/c1-6(19)16-14-17-18(7(2)20)12(26-14)10-9(22-8(3)21)11-13(23-10)25-15(4,5)24-11/h9-13H,1-5H3,(H,16,17,19)/t9-,10-,11+,12+,13+/m0/s1. The average Bonchev–Trinajstić information content (AvgIpc) is 3.10. The van der Waals surface area contributed by atoms with Crippen molar-refractivity contribution in [2.45, 2.75) is 70.4 Å². The van der Waals surface area contributed by atoms with Crippen LogP contribution in [0.2, 0.25) is 0 Å². The molecule has 3 heterocycles. The monoisotopic (exact) mass is 387 g/mol. The largest absolute Gasteiger partial charge is 0.457 e. The van der Waals surface area contributed by atoms with Crippen LogP contribution in [0.1, 0.15) is 34.6 Å². The van der Waals surface area contributed by atoms with E-state index in [4.69, 9.17) is 18.9 Å². The van der Waals surface area contributed by atoms with Gasteiger partial charge < -0.3 is 24.3 Å². The number of hydrazone groups is 1. The summed E-state index contributed by atoms with van der Waals surface area (Å²) < 4.78 is 22.9. The van der Waals surface area contributed by atoms with Crippen molar-refractivity contribution < 1.29 is 33.3 Å². The van der Waals surface area contributed by atoms with Gasteiger partial charge in [0.25, 0.3) is 0 Å². The Bertz CT molecular complexity index is 668. The Balaban J connectivity index is 1.83. The lowest BCUT2D eigenvalue weighted by atomic mass is 10.1. The second-order valence-corrected chi connectivity index (χ2v) is 7.71. The van der Waals surface area contributed by atoms with Gasteiger partial charge in [-0.2, -0.15) is 0 Å². The van der Waals surface area contributed by atoms with Gasteiger partial charge in [0, 0.05) is 20.8 Å². The quantitative estimate of drug-likeness (QED) is 0.665. The maximum absolute atomic E-state index is 12.0. The van der Waals surface area contributed by atoms with Gasteiger partial charge in [0.15, 0.2) is 29.5 Å². The molecule has 11 heteroatoms. The number of rotatable bonds is 2. The molecule has 3 aliphatic heterocycles. The minimum absolute atomic E-state index is 0.266. The van der Waals surface area contributed by atoms with Gasteiger partial charge in [-0.25, -0.2) is 5.01 Å². The number of carbonyl (C=O) groups excluding carboxylic acids is 3. The van der Waals surface area contributed by atoms with Crippen molar-refractivity contribution in [3.63, 3.8) is 0 Å². The number of esters is 1. The lowest BCUT2D eigenvalue weighted by Crippen LogP contribution is -2.47. The number of ether oxygens (including phenoxy) is 4. The third-order valence-electron chi connectivity index (χ3n) is 3.89. The molecule has 5 atom stereocenters.